The lowest BCUT2D eigenvalue weighted by Gasteiger charge is -2.41. The Kier molecular flexibility index (Phi) is 6.53. The average molecular weight is 460 g/mol. The number of rotatable bonds is 4. The number of hydrogen-bond acceptors (Lipinski definition) is 5. The van der Waals surface area contributed by atoms with Crippen LogP contribution >= 0.6 is 0 Å². The summed E-state index contributed by atoms with van der Waals surface area (Å²) in [5.41, 5.74) is 3.86. The fourth-order valence-corrected chi connectivity index (χ4v) is 5.07. The van der Waals surface area contributed by atoms with Crippen molar-refractivity contribution in [2.45, 2.75) is 36.5 Å². The minimum Gasteiger partial charge on any atom is -0.444 e. The minimum atomic E-state index is -2.59. The first kappa shape index (κ1) is 22.7. The number of benzene rings is 2. The third-order valence-corrected chi connectivity index (χ3v) is 7.33. The van der Waals surface area contributed by atoms with Gasteiger partial charge in [-0.15, -0.1) is 0 Å². The Hall–Kier alpha value is -2.45. The first-order valence-electron chi connectivity index (χ1n) is 10.8. The van der Waals surface area contributed by atoms with Crippen molar-refractivity contribution in [3.05, 3.63) is 54.6 Å². The number of para-hydroxylation sites is 2. The Bertz CT molecular complexity index is 1110. The number of halogens is 2. The molecule has 0 unspecified atom stereocenters. The van der Waals surface area contributed by atoms with E-state index >= 15 is 0 Å². The van der Waals surface area contributed by atoms with Gasteiger partial charge in [-0.3, -0.25) is 0 Å². The number of anilines is 1. The number of fused-ring (bicyclic) bond motifs is 1. The Labute approximate surface area is 189 Å². The molecule has 172 valence electrons. The highest BCUT2D eigenvalue weighted by molar-refractivity contribution is 7.74. The minimum absolute atomic E-state index is 0.0754. The van der Waals surface area contributed by atoms with E-state index in [1.54, 1.807) is 4.90 Å². The van der Waals surface area contributed by atoms with Crippen LogP contribution in [0.5, 0.6) is 0 Å². The Balaban J connectivity index is 0.000000207. The van der Waals surface area contributed by atoms with Crippen molar-refractivity contribution in [3.63, 3.8) is 0 Å². The molecule has 3 aromatic rings. The van der Waals surface area contributed by atoms with Crippen molar-refractivity contribution in [2.75, 3.05) is 32.1 Å². The van der Waals surface area contributed by atoms with Gasteiger partial charge >= 0.3 is 0 Å². The number of H-pyrrole nitrogens is 1. The van der Waals surface area contributed by atoms with Crippen LogP contribution in [-0.4, -0.2) is 54.3 Å². The van der Waals surface area contributed by atoms with Crippen LogP contribution in [0.4, 0.5) is 14.5 Å². The zero-order valence-corrected chi connectivity index (χ0v) is 19.2. The van der Waals surface area contributed by atoms with Crippen LogP contribution in [-0.2, 0) is 14.8 Å². The predicted molar refractivity (Wildman–Crippen MR) is 127 cm³/mol. The highest BCUT2D eigenvalue weighted by atomic mass is 32.2. The second-order valence-electron chi connectivity index (χ2n) is 8.82. The van der Waals surface area contributed by atoms with E-state index in [1.807, 2.05) is 62.6 Å². The van der Waals surface area contributed by atoms with Crippen molar-refractivity contribution < 1.29 is 13.0 Å². The van der Waals surface area contributed by atoms with Gasteiger partial charge < -0.3 is 23.8 Å². The molecule has 5 nitrogen and oxygen atoms in total. The highest BCUT2D eigenvalue weighted by Gasteiger charge is 2.38. The van der Waals surface area contributed by atoms with Crippen LogP contribution in [0, 0.1) is 4.78 Å². The third-order valence-electron chi connectivity index (χ3n) is 6.34. The summed E-state index contributed by atoms with van der Waals surface area (Å²) in [6, 6.07) is 18.4. The summed E-state index contributed by atoms with van der Waals surface area (Å²) in [6.07, 6.45) is 1.79. The smallest absolute Gasteiger partial charge is 0.266 e. The Morgan fingerprint density at radius 1 is 1.12 bits per heavy atom. The fourth-order valence-electron chi connectivity index (χ4n) is 4.27. The molecule has 0 amide bonds. The van der Waals surface area contributed by atoms with E-state index in [-0.39, 0.29) is 18.2 Å². The molecule has 2 fully saturated rings. The van der Waals surface area contributed by atoms with Gasteiger partial charge in [0.05, 0.1) is 6.54 Å². The van der Waals surface area contributed by atoms with Crippen molar-refractivity contribution in [1.29, 1.82) is 4.78 Å². The Morgan fingerprint density at radius 2 is 1.81 bits per heavy atom. The molecule has 0 spiro atoms. The van der Waals surface area contributed by atoms with Gasteiger partial charge in [0, 0.05) is 46.9 Å². The lowest BCUT2D eigenvalue weighted by atomic mass is 9.91. The molecule has 2 N–H and O–H groups in total. The van der Waals surface area contributed by atoms with Crippen LogP contribution in [0.3, 0.4) is 0 Å². The van der Waals surface area contributed by atoms with E-state index in [0.717, 1.165) is 40.7 Å². The molecular weight excluding hydrogens is 430 g/mol. The van der Waals surface area contributed by atoms with Crippen molar-refractivity contribution in [1.82, 2.24) is 9.88 Å². The third kappa shape index (κ3) is 4.96. The largest absolute Gasteiger partial charge is 0.444 e. The second-order valence-corrected chi connectivity index (χ2v) is 10.1. The van der Waals surface area contributed by atoms with Gasteiger partial charge in [-0.25, -0.2) is 8.78 Å². The molecular formula is C24H29F2N4OS-. The lowest BCUT2D eigenvalue weighted by molar-refractivity contribution is 0.0257. The van der Waals surface area contributed by atoms with Crippen LogP contribution in [0.25, 0.3) is 22.2 Å². The van der Waals surface area contributed by atoms with Crippen molar-refractivity contribution in [2.24, 2.45) is 0 Å². The van der Waals surface area contributed by atoms with E-state index in [1.165, 1.54) is 0 Å². The molecule has 1 aliphatic carbocycles. The predicted octanol–water partition coefficient (Wildman–Crippen LogP) is 5.49. The molecule has 0 atom stereocenters. The summed E-state index contributed by atoms with van der Waals surface area (Å²) >= 11 is 0. The molecule has 1 saturated heterocycles. The fraction of sp³-hybridized carbons (Fsp3) is 0.417. The topological polar surface area (TPSA) is 63.2 Å². The second kappa shape index (κ2) is 9.19. The molecule has 5 rings (SSSR count). The van der Waals surface area contributed by atoms with E-state index in [4.69, 9.17) is 4.78 Å². The maximum absolute atomic E-state index is 13.5. The number of nitrogens with zero attached hydrogens (tertiary/aromatic N) is 2. The van der Waals surface area contributed by atoms with Gasteiger partial charge in [0.15, 0.2) is 0 Å². The molecule has 0 bridgehead atoms. The summed E-state index contributed by atoms with van der Waals surface area (Å²) in [5, 5.41) is 1.27. The van der Waals surface area contributed by atoms with Gasteiger partial charge in [0.2, 0.25) is 0 Å². The average Bonchev–Trinajstić information content (AvgIpc) is 3.29. The molecule has 32 heavy (non-hydrogen) atoms. The summed E-state index contributed by atoms with van der Waals surface area (Å²) < 4.78 is 44.5. The number of aromatic nitrogens is 1. The number of hydrogen-bond donors (Lipinski definition) is 2. The monoisotopic (exact) mass is 459 g/mol. The maximum atomic E-state index is 13.5. The highest BCUT2D eigenvalue weighted by Crippen LogP contribution is 2.37. The Morgan fingerprint density at radius 3 is 2.44 bits per heavy atom. The van der Waals surface area contributed by atoms with Crippen molar-refractivity contribution in [3.8, 4) is 11.3 Å². The summed E-state index contributed by atoms with van der Waals surface area (Å²) in [4.78, 5) is 7.29. The van der Waals surface area contributed by atoms with Crippen molar-refractivity contribution >= 4 is 27.2 Å². The van der Waals surface area contributed by atoms with Gasteiger partial charge in [-0.1, -0.05) is 54.5 Å². The first-order chi connectivity index (χ1) is 15.2. The zero-order chi connectivity index (χ0) is 22.9. The molecule has 1 aliphatic heterocycles. The van der Waals surface area contributed by atoms with Crippen LogP contribution in [0.2, 0.25) is 0 Å². The molecule has 2 aliphatic rings. The summed E-state index contributed by atoms with van der Waals surface area (Å²) in [5.74, 6) is -2.59. The first-order valence-corrected chi connectivity index (χ1v) is 12.0. The van der Waals surface area contributed by atoms with E-state index in [9.17, 15) is 13.0 Å². The number of alkyl halides is 2. The van der Waals surface area contributed by atoms with Crippen LogP contribution in [0.15, 0.2) is 54.6 Å². The normalized spacial score (nSPS) is 22.1. The molecule has 1 saturated carbocycles. The van der Waals surface area contributed by atoms with Gasteiger partial charge in [-0.2, -0.15) is 10.6 Å². The van der Waals surface area contributed by atoms with E-state index in [0.29, 0.717) is 12.6 Å². The van der Waals surface area contributed by atoms with E-state index < -0.39 is 16.5 Å². The zero-order valence-electron chi connectivity index (χ0n) is 18.4. The molecule has 0 radical (unpaired) electrons. The lowest BCUT2D eigenvalue weighted by Crippen LogP contribution is -2.43. The molecule has 2 heterocycles. The maximum Gasteiger partial charge on any atom is 0.266 e. The van der Waals surface area contributed by atoms with Crippen LogP contribution < -0.4 is 4.90 Å². The van der Waals surface area contributed by atoms with Gasteiger partial charge in [-0.05, 0) is 32.3 Å². The summed E-state index contributed by atoms with van der Waals surface area (Å²) in [7, 11) is 2.71. The summed E-state index contributed by atoms with van der Waals surface area (Å²) in [6.45, 7) is 0.189. The molecule has 8 heteroatoms. The van der Waals surface area contributed by atoms with Crippen LogP contribution in [0.1, 0.15) is 19.3 Å². The number of nitrogens with one attached hydrogen (secondary N) is 2. The van der Waals surface area contributed by atoms with Gasteiger partial charge in [0.25, 0.3) is 5.92 Å². The standard InChI is InChI=1S/C18H16F2N2.C6H13N2OS/c19-18(20)9-10-22(12-18)17-8-4-2-6-14(17)16-11-13-5-1-3-7-15(13)21-16;1-8(2)5-3-6(4-5)10(7)9/h1-8,11,21H,9-10,12H2;5-7H,3-4H2,1-2H3/q;-1. The quantitative estimate of drug-likeness (QED) is 0.508. The van der Waals surface area contributed by atoms with Gasteiger partial charge in [0.1, 0.15) is 0 Å². The SMILES string of the molecule is CN(C)C1CC([S-](=N)=O)C1.FC1(F)CCN(c2ccccc2-c2cc3ccccc3[nH]2)C1. The van der Waals surface area contributed by atoms with E-state index in [2.05, 4.69) is 16.0 Å². The molecule has 1 aromatic heterocycles. The molecule has 2 aromatic carbocycles. The number of aromatic amines is 1.